The zero-order valence-corrected chi connectivity index (χ0v) is 36.2. The number of carbonyl (C=O) groups excluding carboxylic acids is 3. The lowest BCUT2D eigenvalue weighted by Gasteiger charge is -2.31. The summed E-state index contributed by atoms with van der Waals surface area (Å²) in [6, 6.07) is 10.0. The van der Waals surface area contributed by atoms with Gasteiger partial charge in [-0.2, -0.15) is 0 Å². The van der Waals surface area contributed by atoms with Crippen LogP contribution in [0.5, 0.6) is 0 Å². The molecule has 1 aromatic rings. The highest BCUT2D eigenvalue weighted by atomic mass is 16.5. The first-order chi connectivity index (χ1) is 27.2. The third-order valence-electron chi connectivity index (χ3n) is 8.16. The maximum absolute atomic E-state index is 10.3. The number of aldehydes is 1. The number of hydrogen-bond donors (Lipinski definition) is 3. The molecule has 2 heterocycles. The van der Waals surface area contributed by atoms with Crippen molar-refractivity contribution in [2.75, 3.05) is 46.9 Å². The summed E-state index contributed by atoms with van der Waals surface area (Å²) in [6.45, 7) is 25.1. The molecule has 2 aliphatic heterocycles. The average Bonchev–Trinajstić information content (AvgIpc) is 3.25. The van der Waals surface area contributed by atoms with Gasteiger partial charge in [0, 0.05) is 38.3 Å². The minimum absolute atomic E-state index is 0.0237. The van der Waals surface area contributed by atoms with E-state index >= 15 is 0 Å². The van der Waals surface area contributed by atoms with Crippen LogP contribution < -0.4 is 16.0 Å². The molecule has 3 atom stereocenters. The lowest BCUT2D eigenvalue weighted by atomic mass is 9.96. The van der Waals surface area contributed by atoms with E-state index < -0.39 is 0 Å². The third-order valence-corrected chi connectivity index (χ3v) is 8.16. The molecule has 1 unspecified atom stereocenters. The summed E-state index contributed by atoms with van der Waals surface area (Å²) >= 11 is 0. The van der Waals surface area contributed by atoms with E-state index in [4.69, 9.17) is 4.74 Å². The van der Waals surface area contributed by atoms with Crippen LogP contribution in [0.15, 0.2) is 116 Å². The maximum atomic E-state index is 10.3. The second-order valence-electron chi connectivity index (χ2n) is 12.9. The molecule has 2 saturated heterocycles. The van der Waals surface area contributed by atoms with Crippen LogP contribution >= 0.6 is 0 Å². The Morgan fingerprint density at radius 3 is 2.14 bits per heavy atom. The van der Waals surface area contributed by atoms with Crippen molar-refractivity contribution in [2.45, 2.75) is 111 Å². The van der Waals surface area contributed by atoms with E-state index in [1.54, 1.807) is 12.0 Å². The molecule has 0 radical (unpaired) electrons. The molecule has 2 aliphatic rings. The van der Waals surface area contributed by atoms with Crippen molar-refractivity contribution in [3.8, 4) is 0 Å². The second kappa shape index (κ2) is 43.6. The van der Waals surface area contributed by atoms with Crippen LogP contribution in [-0.4, -0.2) is 88.6 Å². The number of ether oxygens (including phenoxy) is 2. The summed E-state index contributed by atoms with van der Waals surface area (Å²) in [6.07, 6.45) is 31.8. The molecule has 316 valence electrons. The normalized spacial score (nSPS) is 17.5. The van der Waals surface area contributed by atoms with E-state index in [-0.39, 0.29) is 11.6 Å². The Kier molecular flexibility index (Phi) is 43.7. The number of amides is 1. The van der Waals surface area contributed by atoms with Crippen molar-refractivity contribution in [1.82, 2.24) is 20.9 Å². The lowest BCUT2D eigenvalue weighted by Crippen LogP contribution is -2.49. The van der Waals surface area contributed by atoms with Gasteiger partial charge in [-0.25, -0.2) is 0 Å². The van der Waals surface area contributed by atoms with Crippen molar-refractivity contribution in [3.05, 3.63) is 121 Å². The number of likely N-dealkylation sites (tertiary alicyclic amines) is 1. The standard InChI is InChI=1S/C18H30N2.C8H8O2.C8H14O.C7H11NO2.C4H9N.C2H6/c1-4-6-7-8-9-11-14-18(3,5-2)20-16-17-13-10-12-15-19-17;9-7-10-6-8-4-2-1-3-5-8;1-4-5-6-8(2)7-9-3;9-5-7-3-1-2-4-8(7)6-10;1-3-4-5-2;1-2/h4-9,11,17,19-20H,2,10,12-16H2,1,3H3;1-5,7H,6H2;4-6H,7H2,1-3H3;5-7H,1-4H2;3,5H,1,4H2,2H3;1-2H3/b6-4+,8-7+,11-9+;;5-4-,8-6+;;;/t17-,18?;;;7-;;/m0..0../s1. The summed E-state index contributed by atoms with van der Waals surface area (Å²) in [5.41, 5.74) is 2.23. The first-order valence-electron chi connectivity index (χ1n) is 20.1. The second-order valence-corrected chi connectivity index (χ2v) is 12.9. The molecule has 0 saturated carbocycles. The Labute approximate surface area is 342 Å². The van der Waals surface area contributed by atoms with Crippen molar-refractivity contribution in [2.24, 2.45) is 0 Å². The molecular weight excluding hydrogens is 701 g/mol. The van der Waals surface area contributed by atoms with Gasteiger partial charge in [0.2, 0.25) is 6.41 Å². The third kappa shape index (κ3) is 35.5. The monoisotopic (exact) mass is 779 g/mol. The Balaban J connectivity index is -0.000000666. The SMILES string of the molecule is C/C=C\C=C(/C)COC.C=CC(C)(C/C=C/C=C/C=C/C)NC[C@@H]1CCCCN1.C=CCNC.CC.O=COCc1ccccc1.O=C[C@@H]1CCCCN1C=O. The summed E-state index contributed by atoms with van der Waals surface area (Å²) in [5.74, 6) is 0. The maximum Gasteiger partial charge on any atom is 0.293 e. The Bertz CT molecular complexity index is 1210. The van der Waals surface area contributed by atoms with Gasteiger partial charge in [-0.15, -0.1) is 13.2 Å². The molecule has 0 aromatic heterocycles. The largest absolute Gasteiger partial charge is 0.463 e. The Morgan fingerprint density at radius 1 is 0.964 bits per heavy atom. The van der Waals surface area contributed by atoms with Gasteiger partial charge in [-0.05, 0) is 90.9 Å². The highest BCUT2D eigenvalue weighted by Gasteiger charge is 2.21. The summed E-state index contributed by atoms with van der Waals surface area (Å²) in [4.78, 5) is 31.9. The molecule has 56 heavy (non-hydrogen) atoms. The van der Waals surface area contributed by atoms with Crippen LogP contribution in [0.1, 0.15) is 92.1 Å². The molecule has 3 rings (SSSR count). The zero-order valence-electron chi connectivity index (χ0n) is 36.2. The van der Waals surface area contributed by atoms with Crippen molar-refractivity contribution < 1.29 is 23.9 Å². The number of piperidine rings is 2. The number of nitrogens with zero attached hydrogens (tertiary/aromatic N) is 1. The number of allylic oxidation sites excluding steroid dienone is 8. The fraction of sp³-hybridized carbons (Fsp3) is 0.511. The van der Waals surface area contributed by atoms with E-state index in [0.717, 1.165) is 76.7 Å². The summed E-state index contributed by atoms with van der Waals surface area (Å²) in [7, 11) is 3.59. The van der Waals surface area contributed by atoms with Gasteiger partial charge in [0.25, 0.3) is 6.47 Å². The van der Waals surface area contributed by atoms with Gasteiger partial charge in [0.1, 0.15) is 12.9 Å². The van der Waals surface area contributed by atoms with Gasteiger partial charge >= 0.3 is 0 Å². The molecule has 1 aromatic carbocycles. The first-order valence-corrected chi connectivity index (χ1v) is 20.1. The number of rotatable bonds is 18. The summed E-state index contributed by atoms with van der Waals surface area (Å²) in [5, 5.41) is 10.1. The number of hydrogen-bond acceptors (Lipinski definition) is 8. The van der Waals surface area contributed by atoms with Crippen LogP contribution in [0.25, 0.3) is 0 Å². The van der Waals surface area contributed by atoms with Crippen LogP contribution in [0, 0.1) is 0 Å². The van der Waals surface area contributed by atoms with Crippen LogP contribution in [0.3, 0.4) is 0 Å². The van der Waals surface area contributed by atoms with E-state index in [1.165, 1.54) is 24.8 Å². The average molecular weight is 779 g/mol. The highest BCUT2D eigenvalue weighted by molar-refractivity contribution is 5.64. The molecule has 9 heteroatoms. The molecule has 0 spiro atoms. The Hall–Kier alpha value is -4.15. The number of nitrogens with one attached hydrogen (secondary N) is 3. The minimum atomic E-state index is -0.147. The van der Waals surface area contributed by atoms with Crippen LogP contribution in [0.2, 0.25) is 0 Å². The van der Waals surface area contributed by atoms with Gasteiger partial charge in [-0.3, -0.25) is 9.59 Å². The molecular formula is C47H78N4O5. The molecule has 3 N–H and O–H groups in total. The molecule has 2 fully saturated rings. The minimum Gasteiger partial charge on any atom is -0.463 e. The van der Waals surface area contributed by atoms with Crippen LogP contribution in [0.4, 0.5) is 0 Å². The van der Waals surface area contributed by atoms with E-state index in [1.807, 2.05) is 121 Å². The fourth-order valence-corrected chi connectivity index (χ4v) is 4.95. The number of benzene rings is 1. The van der Waals surface area contributed by atoms with Crippen molar-refractivity contribution in [3.63, 3.8) is 0 Å². The van der Waals surface area contributed by atoms with Gasteiger partial charge < -0.3 is 35.1 Å². The number of carbonyl (C=O) groups is 3. The highest BCUT2D eigenvalue weighted by Crippen LogP contribution is 2.14. The molecule has 0 aliphatic carbocycles. The van der Waals surface area contributed by atoms with Gasteiger partial charge in [0.15, 0.2) is 0 Å². The first kappa shape index (κ1) is 56.2. The van der Waals surface area contributed by atoms with Gasteiger partial charge in [-0.1, -0.05) is 117 Å². The molecule has 9 nitrogen and oxygen atoms in total. The number of methoxy groups -OCH3 is 1. The fourth-order valence-electron chi connectivity index (χ4n) is 4.95. The predicted molar refractivity (Wildman–Crippen MR) is 240 cm³/mol. The molecule has 1 amide bonds. The molecule has 0 bridgehead atoms. The smallest absolute Gasteiger partial charge is 0.293 e. The van der Waals surface area contributed by atoms with Gasteiger partial charge in [0.05, 0.1) is 12.6 Å². The zero-order chi connectivity index (χ0) is 42.5. The summed E-state index contributed by atoms with van der Waals surface area (Å²) < 4.78 is 9.44. The van der Waals surface area contributed by atoms with E-state index in [2.05, 4.69) is 59.0 Å². The Morgan fingerprint density at radius 2 is 1.64 bits per heavy atom. The van der Waals surface area contributed by atoms with E-state index in [0.29, 0.717) is 19.1 Å². The topological polar surface area (TPSA) is 109 Å². The number of likely N-dealkylation sites (N-methyl/N-ethyl adjacent to an activating group) is 1. The van der Waals surface area contributed by atoms with Crippen molar-refractivity contribution in [1.29, 1.82) is 0 Å². The lowest BCUT2D eigenvalue weighted by molar-refractivity contribution is -0.129. The van der Waals surface area contributed by atoms with E-state index in [9.17, 15) is 14.4 Å². The predicted octanol–water partition coefficient (Wildman–Crippen LogP) is 8.87. The van der Waals surface area contributed by atoms with Crippen molar-refractivity contribution >= 4 is 19.2 Å². The quantitative estimate of drug-likeness (QED) is 0.0771. The van der Waals surface area contributed by atoms with Crippen LogP contribution in [-0.2, 0) is 30.5 Å².